The molecule has 0 amide bonds. The van der Waals surface area contributed by atoms with Gasteiger partial charge < -0.3 is 9.67 Å². The van der Waals surface area contributed by atoms with Crippen LogP contribution in [-0.2, 0) is 0 Å². The Labute approximate surface area is 317 Å². The minimum absolute atomic E-state index is 0.223. The predicted molar refractivity (Wildman–Crippen MR) is 217 cm³/mol. The summed E-state index contributed by atoms with van der Waals surface area (Å²) in [5.74, 6) is -0.156. The third kappa shape index (κ3) is 5.90. The number of aromatic carboxylic acids is 1. The van der Waals surface area contributed by atoms with E-state index in [1.54, 1.807) is 6.20 Å². The van der Waals surface area contributed by atoms with Crippen LogP contribution in [0.3, 0.4) is 0 Å². The first-order chi connectivity index (χ1) is 25.4. The van der Waals surface area contributed by atoms with Crippen molar-refractivity contribution in [3.05, 3.63) is 136 Å². The Bertz CT molecular complexity index is 2700. The second-order valence-corrected chi connectivity index (χ2v) is 15.3. The van der Waals surface area contributed by atoms with Crippen molar-refractivity contribution < 1.29 is 9.90 Å². The third-order valence-electron chi connectivity index (χ3n) is 10.2. The topological polar surface area (TPSA) is 80.9 Å². The van der Waals surface area contributed by atoms with Crippen molar-refractivity contribution in [1.82, 2.24) is 19.5 Å². The van der Waals surface area contributed by atoms with Crippen LogP contribution in [-0.4, -0.2) is 30.6 Å². The van der Waals surface area contributed by atoms with Crippen molar-refractivity contribution in [1.29, 1.82) is 0 Å². The van der Waals surface area contributed by atoms with Crippen molar-refractivity contribution in [3.8, 4) is 44.9 Å². The Balaban J connectivity index is 1.33. The van der Waals surface area contributed by atoms with Gasteiger partial charge in [-0.05, 0) is 102 Å². The van der Waals surface area contributed by atoms with Crippen LogP contribution in [0.25, 0.3) is 77.7 Å². The predicted octanol–water partition coefficient (Wildman–Crippen LogP) is 12.5. The van der Waals surface area contributed by atoms with Crippen LogP contribution in [0.1, 0.15) is 48.5 Å². The molecule has 1 aliphatic rings. The molecule has 6 nitrogen and oxygen atoms in total. The molecule has 9 rings (SSSR count). The highest BCUT2D eigenvalue weighted by molar-refractivity contribution is 9.10. The quantitative estimate of drug-likeness (QED) is 0.181. The van der Waals surface area contributed by atoms with Crippen LogP contribution in [0, 0.1) is 0 Å². The average Bonchev–Trinajstić information content (AvgIpc) is 3.56. The molecular weight excluding hydrogens is 776 g/mol. The molecule has 52 heavy (non-hydrogen) atoms. The summed E-state index contributed by atoms with van der Waals surface area (Å²) < 4.78 is 4.30. The van der Waals surface area contributed by atoms with Gasteiger partial charge in [0.2, 0.25) is 0 Å². The Morgan fingerprint density at radius 2 is 1.38 bits per heavy atom. The van der Waals surface area contributed by atoms with E-state index >= 15 is 0 Å². The van der Waals surface area contributed by atoms with Crippen LogP contribution in [0.2, 0.25) is 0 Å². The smallest absolute Gasteiger partial charge is 0.337 e. The van der Waals surface area contributed by atoms with E-state index in [0.717, 1.165) is 95.7 Å². The van der Waals surface area contributed by atoms with Crippen LogP contribution in [0.5, 0.6) is 0 Å². The molecule has 1 aliphatic carbocycles. The number of nitrogens with zero attached hydrogens (tertiary/aromatic N) is 4. The van der Waals surface area contributed by atoms with Crippen molar-refractivity contribution in [2.75, 3.05) is 0 Å². The van der Waals surface area contributed by atoms with Gasteiger partial charge in [-0.15, -0.1) is 0 Å². The highest BCUT2D eigenvalue weighted by atomic mass is 79.9. The minimum Gasteiger partial charge on any atom is -0.478 e. The molecule has 1 fully saturated rings. The number of carboxylic acid groups (broad SMARTS) is 1. The summed E-state index contributed by atoms with van der Waals surface area (Å²) in [5.41, 5.74) is 9.43. The molecule has 254 valence electrons. The van der Waals surface area contributed by atoms with Crippen LogP contribution >= 0.6 is 31.9 Å². The van der Waals surface area contributed by atoms with Crippen LogP contribution in [0.15, 0.2) is 130 Å². The number of aromatic nitrogens is 4. The number of carboxylic acids is 1. The summed E-state index contributed by atoms with van der Waals surface area (Å²) in [5, 5.41) is 13.0. The van der Waals surface area contributed by atoms with Crippen molar-refractivity contribution in [3.63, 3.8) is 0 Å². The Hall–Kier alpha value is -5.18. The lowest BCUT2D eigenvalue weighted by molar-refractivity contribution is 0.0698. The second-order valence-electron chi connectivity index (χ2n) is 13.5. The van der Waals surface area contributed by atoms with Crippen LogP contribution < -0.4 is 0 Å². The maximum atomic E-state index is 13.5. The third-order valence-corrected chi connectivity index (χ3v) is 11.2. The SMILES string of the molecule is O=C(O)c1c(-c2cccc(Br)c2)cc2c(nc(-c3ccc4nc(-c5cccc(Br)c5)ccc4c3)n2C2CCCCC2)c1-c1ccc2ncccc2c1. The normalized spacial score (nSPS) is 13.7. The lowest BCUT2D eigenvalue weighted by Crippen LogP contribution is -2.14. The summed E-state index contributed by atoms with van der Waals surface area (Å²) >= 11 is 7.22. The minimum atomic E-state index is -0.995. The number of carbonyl (C=O) groups is 1. The van der Waals surface area contributed by atoms with E-state index in [9.17, 15) is 9.90 Å². The molecule has 0 aliphatic heterocycles. The van der Waals surface area contributed by atoms with E-state index in [4.69, 9.17) is 9.97 Å². The highest BCUT2D eigenvalue weighted by Gasteiger charge is 2.29. The van der Waals surface area contributed by atoms with Gasteiger partial charge in [-0.25, -0.2) is 14.8 Å². The first-order valence-corrected chi connectivity index (χ1v) is 19.1. The number of halogens is 2. The first-order valence-electron chi connectivity index (χ1n) is 17.5. The number of fused-ring (bicyclic) bond motifs is 3. The van der Waals surface area contributed by atoms with Gasteiger partial charge in [-0.3, -0.25) is 4.98 Å². The van der Waals surface area contributed by atoms with Crippen LogP contribution in [0.4, 0.5) is 0 Å². The van der Waals surface area contributed by atoms with E-state index in [2.05, 4.69) is 89.9 Å². The summed E-state index contributed by atoms with van der Waals surface area (Å²) in [6.07, 6.45) is 7.33. The number of hydrogen-bond donors (Lipinski definition) is 1. The van der Waals surface area contributed by atoms with Gasteiger partial charge >= 0.3 is 5.97 Å². The second kappa shape index (κ2) is 13.4. The molecule has 0 saturated heterocycles. The first kappa shape index (κ1) is 32.7. The van der Waals surface area contributed by atoms with Gasteiger partial charge in [-0.1, -0.05) is 93.6 Å². The van der Waals surface area contributed by atoms with Gasteiger partial charge in [0.15, 0.2) is 0 Å². The summed E-state index contributed by atoms with van der Waals surface area (Å²) in [6.45, 7) is 0. The highest BCUT2D eigenvalue weighted by Crippen LogP contribution is 2.44. The lowest BCUT2D eigenvalue weighted by atomic mass is 9.89. The van der Waals surface area contributed by atoms with E-state index in [1.807, 2.05) is 66.7 Å². The number of hydrogen-bond acceptors (Lipinski definition) is 4. The molecule has 5 aromatic carbocycles. The summed E-state index contributed by atoms with van der Waals surface area (Å²) in [4.78, 5) is 28.5. The van der Waals surface area contributed by atoms with E-state index < -0.39 is 5.97 Å². The zero-order valence-corrected chi connectivity index (χ0v) is 31.2. The molecule has 0 bridgehead atoms. The standard InChI is InChI=1S/C44H32Br2N4O2/c45-32-10-4-7-26(23-32)35-25-39-42(40(41(35)44(51)52)30-15-17-36-27(21-30)9-6-20-47-36)49-43(50(39)34-12-2-1-3-13-34)31-16-19-38-29(22-31)14-18-37(48-38)28-8-5-11-33(46)24-28/h4-11,14-25,34H,1-3,12-13H2,(H,51,52). The number of pyridine rings is 2. The molecule has 0 unspecified atom stereocenters. The number of rotatable bonds is 6. The fourth-order valence-corrected chi connectivity index (χ4v) is 8.63. The Morgan fingerprint density at radius 1 is 0.673 bits per heavy atom. The molecular formula is C44H32Br2N4O2. The number of imidazole rings is 1. The molecule has 0 atom stereocenters. The van der Waals surface area contributed by atoms with E-state index in [1.165, 1.54) is 6.42 Å². The van der Waals surface area contributed by atoms with Gasteiger partial charge in [0.25, 0.3) is 0 Å². The zero-order valence-electron chi connectivity index (χ0n) is 28.1. The summed E-state index contributed by atoms with van der Waals surface area (Å²) in [7, 11) is 0. The zero-order chi connectivity index (χ0) is 35.3. The van der Waals surface area contributed by atoms with Gasteiger partial charge in [0.05, 0.1) is 33.3 Å². The Morgan fingerprint density at radius 3 is 2.17 bits per heavy atom. The monoisotopic (exact) mass is 806 g/mol. The fourth-order valence-electron chi connectivity index (χ4n) is 7.83. The molecule has 8 heteroatoms. The van der Waals surface area contributed by atoms with Gasteiger partial charge in [0.1, 0.15) is 5.82 Å². The van der Waals surface area contributed by atoms with Gasteiger partial charge in [0, 0.05) is 48.6 Å². The van der Waals surface area contributed by atoms with Crippen molar-refractivity contribution >= 4 is 70.7 Å². The molecule has 1 saturated carbocycles. The van der Waals surface area contributed by atoms with Crippen molar-refractivity contribution in [2.45, 2.75) is 38.1 Å². The maximum Gasteiger partial charge on any atom is 0.337 e. The molecule has 0 radical (unpaired) electrons. The fraction of sp³-hybridized carbons (Fsp3) is 0.136. The molecule has 1 N–H and O–H groups in total. The average molecular weight is 809 g/mol. The summed E-state index contributed by atoms with van der Waals surface area (Å²) in [6, 6.07) is 38.8. The molecule has 3 aromatic heterocycles. The van der Waals surface area contributed by atoms with Gasteiger partial charge in [-0.2, -0.15) is 0 Å². The maximum absolute atomic E-state index is 13.5. The molecule has 0 spiro atoms. The largest absolute Gasteiger partial charge is 0.478 e. The number of benzene rings is 5. The van der Waals surface area contributed by atoms with Crippen molar-refractivity contribution in [2.24, 2.45) is 0 Å². The lowest BCUT2D eigenvalue weighted by Gasteiger charge is -2.26. The van der Waals surface area contributed by atoms with E-state index in [0.29, 0.717) is 16.6 Å². The van der Waals surface area contributed by atoms with E-state index in [-0.39, 0.29) is 11.6 Å². The molecule has 3 heterocycles. The molecule has 8 aromatic rings. The Kier molecular flexibility index (Phi) is 8.44.